The van der Waals surface area contributed by atoms with Crippen molar-refractivity contribution in [3.05, 3.63) is 29.6 Å². The third-order valence-electron chi connectivity index (χ3n) is 1.81. The van der Waals surface area contributed by atoms with Gasteiger partial charge in [-0.05, 0) is 23.4 Å². The van der Waals surface area contributed by atoms with E-state index in [1.54, 1.807) is 0 Å². The van der Waals surface area contributed by atoms with Gasteiger partial charge in [-0.15, -0.1) is 0 Å². The van der Waals surface area contributed by atoms with Crippen LogP contribution in [0.5, 0.6) is 0 Å². The monoisotopic (exact) mass is 330 g/mol. The molecule has 0 unspecified atom stereocenters. The van der Waals surface area contributed by atoms with E-state index in [0.29, 0.717) is 0 Å². The van der Waals surface area contributed by atoms with Crippen LogP contribution in [0, 0.1) is 5.82 Å². The zero-order chi connectivity index (χ0) is 13.1. The second-order valence-corrected chi connectivity index (χ2v) is 4.79. The van der Waals surface area contributed by atoms with Crippen LogP contribution in [0.1, 0.15) is 5.56 Å². The summed E-state index contributed by atoms with van der Waals surface area (Å²) >= 11 is 2.39. The SMILES string of the molecule is O=C(CBr)Cc1cccc(SC(F)(F)F)c1F. The molecule has 0 aromatic heterocycles. The molecule has 1 aromatic carbocycles. The van der Waals surface area contributed by atoms with Crippen LogP contribution in [-0.2, 0) is 11.2 Å². The van der Waals surface area contributed by atoms with E-state index in [9.17, 15) is 22.4 Å². The molecular weight excluding hydrogens is 324 g/mol. The quantitative estimate of drug-likeness (QED) is 0.472. The zero-order valence-corrected chi connectivity index (χ0v) is 10.8. The number of halogens is 5. The Hall–Kier alpha value is -0.560. The Bertz CT molecular complexity index is 419. The first-order chi connectivity index (χ1) is 7.83. The highest BCUT2D eigenvalue weighted by atomic mass is 79.9. The highest BCUT2D eigenvalue weighted by Gasteiger charge is 2.31. The Balaban J connectivity index is 2.95. The summed E-state index contributed by atoms with van der Waals surface area (Å²) in [5.74, 6) is -1.28. The minimum Gasteiger partial charge on any atom is -0.298 e. The molecule has 94 valence electrons. The lowest BCUT2D eigenvalue weighted by Crippen LogP contribution is -2.07. The van der Waals surface area contributed by atoms with Crippen molar-refractivity contribution >= 4 is 33.5 Å². The molecule has 0 aliphatic heterocycles. The minimum atomic E-state index is -4.54. The first-order valence-corrected chi connectivity index (χ1v) is 6.38. The number of rotatable bonds is 4. The number of carbonyl (C=O) groups is 1. The average Bonchev–Trinajstić information content (AvgIpc) is 2.22. The molecule has 0 aliphatic rings. The van der Waals surface area contributed by atoms with Gasteiger partial charge in [0.1, 0.15) is 11.6 Å². The molecular formula is C10H7BrF4OS. The summed E-state index contributed by atoms with van der Waals surface area (Å²) in [5.41, 5.74) is -4.57. The van der Waals surface area contributed by atoms with Gasteiger partial charge in [-0.3, -0.25) is 4.79 Å². The van der Waals surface area contributed by atoms with Crippen LogP contribution in [0.2, 0.25) is 0 Å². The van der Waals surface area contributed by atoms with Crippen LogP contribution in [0.15, 0.2) is 23.1 Å². The molecule has 0 radical (unpaired) electrons. The molecule has 1 aromatic rings. The highest BCUT2D eigenvalue weighted by Crippen LogP contribution is 2.38. The second-order valence-electron chi connectivity index (χ2n) is 3.13. The maximum Gasteiger partial charge on any atom is 0.446 e. The van der Waals surface area contributed by atoms with Gasteiger partial charge in [0.25, 0.3) is 0 Å². The molecule has 0 spiro atoms. The predicted octanol–water partition coefficient (Wildman–Crippen LogP) is 3.94. The fourth-order valence-corrected chi connectivity index (χ4v) is 1.97. The maximum atomic E-state index is 13.6. The number of thioether (sulfide) groups is 1. The molecule has 1 rings (SSSR count). The smallest absolute Gasteiger partial charge is 0.298 e. The number of ketones is 1. The zero-order valence-electron chi connectivity index (χ0n) is 8.35. The molecule has 0 heterocycles. The number of hydrogen-bond acceptors (Lipinski definition) is 2. The second kappa shape index (κ2) is 5.86. The van der Waals surface area contributed by atoms with E-state index in [1.807, 2.05) is 0 Å². The summed E-state index contributed by atoms with van der Waals surface area (Å²) in [4.78, 5) is 10.6. The van der Waals surface area contributed by atoms with Crippen molar-refractivity contribution in [2.75, 3.05) is 5.33 Å². The maximum absolute atomic E-state index is 13.6. The van der Waals surface area contributed by atoms with Gasteiger partial charge in [0.2, 0.25) is 0 Å². The van der Waals surface area contributed by atoms with Crippen LogP contribution in [-0.4, -0.2) is 16.6 Å². The van der Waals surface area contributed by atoms with Crippen molar-refractivity contribution < 1.29 is 22.4 Å². The minimum absolute atomic E-state index is 0.0244. The predicted molar refractivity (Wildman–Crippen MR) is 60.8 cm³/mol. The van der Waals surface area contributed by atoms with E-state index in [1.165, 1.54) is 12.1 Å². The molecule has 1 nitrogen and oxygen atoms in total. The Kier molecular flexibility index (Phi) is 5.00. The summed E-state index contributed by atoms with van der Waals surface area (Å²) in [6, 6.07) is 3.64. The van der Waals surface area contributed by atoms with Gasteiger partial charge >= 0.3 is 5.51 Å². The van der Waals surface area contributed by atoms with Crippen LogP contribution < -0.4 is 0 Å². The molecule has 0 atom stereocenters. The molecule has 0 saturated heterocycles. The van der Waals surface area contributed by atoms with E-state index in [2.05, 4.69) is 15.9 Å². The number of hydrogen-bond donors (Lipinski definition) is 0. The Labute approximate surface area is 108 Å². The van der Waals surface area contributed by atoms with E-state index in [-0.39, 0.29) is 23.1 Å². The summed E-state index contributed by atoms with van der Waals surface area (Å²) < 4.78 is 49.9. The summed E-state index contributed by atoms with van der Waals surface area (Å²) in [7, 11) is 0. The van der Waals surface area contributed by atoms with Gasteiger partial charge in [-0.25, -0.2) is 4.39 Å². The molecule has 0 fully saturated rings. The van der Waals surface area contributed by atoms with Crippen molar-refractivity contribution in [3.63, 3.8) is 0 Å². The topological polar surface area (TPSA) is 17.1 Å². The Morgan fingerprint density at radius 1 is 1.35 bits per heavy atom. The number of Topliss-reactive ketones (excluding diaryl/α,β-unsaturated/α-hetero) is 1. The highest BCUT2D eigenvalue weighted by molar-refractivity contribution is 9.09. The Morgan fingerprint density at radius 2 is 2.00 bits per heavy atom. The van der Waals surface area contributed by atoms with Crippen molar-refractivity contribution in [2.45, 2.75) is 16.8 Å². The lowest BCUT2D eigenvalue weighted by atomic mass is 10.1. The molecule has 0 aliphatic carbocycles. The van der Waals surface area contributed by atoms with E-state index >= 15 is 0 Å². The van der Waals surface area contributed by atoms with Gasteiger partial charge in [0, 0.05) is 6.42 Å². The van der Waals surface area contributed by atoms with Crippen LogP contribution in [0.4, 0.5) is 17.6 Å². The first-order valence-electron chi connectivity index (χ1n) is 4.44. The van der Waals surface area contributed by atoms with Crippen molar-refractivity contribution in [3.8, 4) is 0 Å². The summed E-state index contributed by atoms with van der Waals surface area (Å²) in [6.07, 6.45) is -0.219. The van der Waals surface area contributed by atoms with Crippen LogP contribution in [0.25, 0.3) is 0 Å². The van der Waals surface area contributed by atoms with Crippen molar-refractivity contribution in [1.29, 1.82) is 0 Å². The van der Waals surface area contributed by atoms with Crippen molar-refractivity contribution in [2.24, 2.45) is 0 Å². The third-order valence-corrected chi connectivity index (χ3v) is 3.20. The normalized spacial score (nSPS) is 11.6. The fraction of sp³-hybridized carbons (Fsp3) is 0.300. The van der Waals surface area contributed by atoms with Gasteiger partial charge in [0.05, 0.1) is 10.2 Å². The van der Waals surface area contributed by atoms with Gasteiger partial charge in [-0.2, -0.15) is 13.2 Å². The number of benzene rings is 1. The third kappa shape index (κ3) is 4.67. The molecule has 0 amide bonds. The Morgan fingerprint density at radius 3 is 2.53 bits per heavy atom. The molecule has 0 bridgehead atoms. The van der Waals surface area contributed by atoms with Crippen LogP contribution in [0.3, 0.4) is 0 Å². The molecule has 0 saturated carbocycles. The number of alkyl halides is 4. The standard InChI is InChI=1S/C10H7BrF4OS/c11-5-7(16)4-6-2-1-3-8(9(6)12)17-10(13,14)15/h1-3H,4-5H2. The average molecular weight is 331 g/mol. The molecule has 17 heavy (non-hydrogen) atoms. The van der Waals surface area contributed by atoms with E-state index in [0.717, 1.165) is 6.07 Å². The van der Waals surface area contributed by atoms with Gasteiger partial charge < -0.3 is 0 Å². The lowest BCUT2D eigenvalue weighted by molar-refractivity contribution is -0.115. The molecule has 7 heteroatoms. The van der Waals surface area contributed by atoms with Gasteiger partial charge in [-0.1, -0.05) is 28.1 Å². The molecule has 0 N–H and O–H groups in total. The lowest BCUT2D eigenvalue weighted by Gasteiger charge is -2.09. The summed E-state index contributed by atoms with van der Waals surface area (Å²) in [6.45, 7) is 0. The van der Waals surface area contributed by atoms with Gasteiger partial charge in [0.15, 0.2) is 0 Å². The first kappa shape index (κ1) is 14.5. The number of carbonyl (C=O) groups excluding carboxylic acids is 1. The largest absolute Gasteiger partial charge is 0.446 e. The summed E-state index contributed by atoms with van der Waals surface area (Å²) in [5, 5.41) is 0.0447. The fourth-order valence-electron chi connectivity index (χ4n) is 1.16. The van der Waals surface area contributed by atoms with Crippen LogP contribution >= 0.6 is 27.7 Å². The van der Waals surface area contributed by atoms with E-state index < -0.39 is 28.0 Å². The van der Waals surface area contributed by atoms with E-state index in [4.69, 9.17) is 0 Å². The van der Waals surface area contributed by atoms with Crippen molar-refractivity contribution in [1.82, 2.24) is 0 Å².